The molecule has 2 nitrogen and oxygen atoms in total. The lowest BCUT2D eigenvalue weighted by Gasteiger charge is -2.20. The predicted molar refractivity (Wildman–Crippen MR) is 63.4 cm³/mol. The van der Waals surface area contributed by atoms with E-state index in [2.05, 4.69) is 18.2 Å². The Labute approximate surface area is 96.9 Å². The van der Waals surface area contributed by atoms with E-state index in [-0.39, 0.29) is 5.41 Å². The maximum atomic E-state index is 9.02. The highest BCUT2D eigenvalue weighted by molar-refractivity contribution is 5.39. The standard InChI is InChI=1S/C14H17NO/c1-14(2,10-15)9-11-5-6-13-12(8-11)4-3-7-16-13/h5-6,8H,3-4,7,9H2,1-2H3. The molecule has 0 saturated heterocycles. The van der Waals surface area contributed by atoms with Crippen LogP contribution in [-0.2, 0) is 12.8 Å². The first-order valence-electron chi connectivity index (χ1n) is 5.77. The zero-order chi connectivity index (χ0) is 11.6. The van der Waals surface area contributed by atoms with Crippen molar-refractivity contribution in [3.05, 3.63) is 29.3 Å². The minimum absolute atomic E-state index is 0.288. The molecule has 0 radical (unpaired) electrons. The summed E-state index contributed by atoms with van der Waals surface area (Å²) in [5.74, 6) is 1.02. The van der Waals surface area contributed by atoms with E-state index in [1.165, 1.54) is 11.1 Å². The molecule has 1 aliphatic rings. The summed E-state index contributed by atoms with van der Waals surface area (Å²) in [6, 6.07) is 8.64. The van der Waals surface area contributed by atoms with Crippen molar-refractivity contribution in [3.8, 4) is 11.8 Å². The van der Waals surface area contributed by atoms with Crippen LogP contribution in [0.5, 0.6) is 5.75 Å². The number of rotatable bonds is 2. The summed E-state index contributed by atoms with van der Waals surface area (Å²) in [5.41, 5.74) is 2.23. The lowest BCUT2D eigenvalue weighted by atomic mass is 9.86. The number of aryl methyl sites for hydroxylation is 1. The number of nitriles is 1. The molecule has 0 saturated carbocycles. The Morgan fingerprint density at radius 3 is 3.00 bits per heavy atom. The van der Waals surface area contributed by atoms with Crippen LogP contribution in [0.25, 0.3) is 0 Å². The van der Waals surface area contributed by atoms with Crippen LogP contribution in [0.1, 0.15) is 31.4 Å². The number of hydrogen-bond acceptors (Lipinski definition) is 2. The first-order valence-corrected chi connectivity index (χ1v) is 5.77. The van der Waals surface area contributed by atoms with Gasteiger partial charge in [0.2, 0.25) is 0 Å². The lowest BCUT2D eigenvalue weighted by molar-refractivity contribution is 0.288. The van der Waals surface area contributed by atoms with Gasteiger partial charge >= 0.3 is 0 Å². The second-order valence-electron chi connectivity index (χ2n) is 5.07. The van der Waals surface area contributed by atoms with E-state index < -0.39 is 0 Å². The summed E-state index contributed by atoms with van der Waals surface area (Å²) in [6.07, 6.45) is 2.99. The Morgan fingerprint density at radius 2 is 2.25 bits per heavy atom. The molecule has 0 atom stereocenters. The summed E-state index contributed by atoms with van der Waals surface area (Å²) >= 11 is 0. The Kier molecular flexibility index (Phi) is 2.87. The van der Waals surface area contributed by atoms with Crippen molar-refractivity contribution in [2.45, 2.75) is 33.1 Å². The predicted octanol–water partition coefficient (Wildman–Crippen LogP) is 3.10. The van der Waals surface area contributed by atoms with Crippen molar-refractivity contribution in [3.63, 3.8) is 0 Å². The zero-order valence-electron chi connectivity index (χ0n) is 9.92. The normalized spacial score (nSPS) is 14.8. The van der Waals surface area contributed by atoms with Gasteiger partial charge in [-0.05, 0) is 50.3 Å². The van der Waals surface area contributed by atoms with E-state index in [9.17, 15) is 0 Å². The van der Waals surface area contributed by atoms with E-state index in [0.717, 1.165) is 31.6 Å². The van der Waals surface area contributed by atoms with Crippen molar-refractivity contribution in [1.29, 1.82) is 5.26 Å². The largest absolute Gasteiger partial charge is 0.493 e. The highest BCUT2D eigenvalue weighted by atomic mass is 16.5. The van der Waals surface area contributed by atoms with Crippen LogP contribution in [0.15, 0.2) is 18.2 Å². The summed E-state index contributed by atoms with van der Waals surface area (Å²) in [5, 5.41) is 9.02. The fourth-order valence-corrected chi connectivity index (χ4v) is 2.07. The molecule has 16 heavy (non-hydrogen) atoms. The first-order chi connectivity index (χ1) is 7.61. The monoisotopic (exact) mass is 215 g/mol. The van der Waals surface area contributed by atoms with Crippen molar-refractivity contribution < 1.29 is 4.74 Å². The molecule has 84 valence electrons. The average Bonchev–Trinajstić information content (AvgIpc) is 2.28. The molecule has 1 aliphatic heterocycles. The molecule has 0 spiro atoms. The molecule has 2 rings (SSSR count). The van der Waals surface area contributed by atoms with Crippen molar-refractivity contribution in [1.82, 2.24) is 0 Å². The maximum Gasteiger partial charge on any atom is 0.122 e. The maximum absolute atomic E-state index is 9.02. The van der Waals surface area contributed by atoms with Crippen molar-refractivity contribution >= 4 is 0 Å². The third-order valence-electron chi connectivity index (χ3n) is 2.92. The molecule has 1 aromatic rings. The third-order valence-corrected chi connectivity index (χ3v) is 2.92. The van der Waals surface area contributed by atoms with Gasteiger partial charge < -0.3 is 4.74 Å². The van der Waals surface area contributed by atoms with Gasteiger partial charge in [0, 0.05) is 0 Å². The molecule has 0 unspecified atom stereocenters. The molecular formula is C14H17NO. The van der Waals surface area contributed by atoms with Gasteiger partial charge in [0.15, 0.2) is 0 Å². The average molecular weight is 215 g/mol. The molecule has 0 fully saturated rings. The van der Waals surface area contributed by atoms with Crippen LogP contribution in [0, 0.1) is 16.7 Å². The van der Waals surface area contributed by atoms with Gasteiger partial charge in [0.1, 0.15) is 5.75 Å². The Hall–Kier alpha value is -1.49. The highest BCUT2D eigenvalue weighted by Crippen LogP contribution is 2.28. The van der Waals surface area contributed by atoms with Crippen LogP contribution in [0.2, 0.25) is 0 Å². The Balaban J connectivity index is 2.21. The molecule has 0 aliphatic carbocycles. The van der Waals surface area contributed by atoms with Crippen LogP contribution >= 0.6 is 0 Å². The summed E-state index contributed by atoms with van der Waals surface area (Å²) in [4.78, 5) is 0. The fraction of sp³-hybridized carbons (Fsp3) is 0.500. The first kappa shape index (κ1) is 11.0. The minimum atomic E-state index is -0.288. The van der Waals surface area contributed by atoms with E-state index in [0.29, 0.717) is 0 Å². The molecule has 1 aromatic carbocycles. The molecule has 1 heterocycles. The molecular weight excluding hydrogens is 198 g/mol. The Morgan fingerprint density at radius 1 is 1.44 bits per heavy atom. The van der Waals surface area contributed by atoms with Gasteiger partial charge in [0.25, 0.3) is 0 Å². The summed E-state index contributed by atoms with van der Waals surface area (Å²) < 4.78 is 5.57. The quantitative estimate of drug-likeness (QED) is 0.759. The van der Waals surface area contributed by atoms with E-state index in [4.69, 9.17) is 10.00 Å². The minimum Gasteiger partial charge on any atom is -0.493 e. The van der Waals surface area contributed by atoms with Gasteiger partial charge in [-0.2, -0.15) is 5.26 Å². The van der Waals surface area contributed by atoms with Crippen molar-refractivity contribution in [2.24, 2.45) is 5.41 Å². The number of hydrogen-bond donors (Lipinski definition) is 0. The van der Waals surface area contributed by atoms with E-state index in [1.807, 2.05) is 19.9 Å². The third kappa shape index (κ3) is 2.36. The van der Waals surface area contributed by atoms with Crippen LogP contribution in [-0.4, -0.2) is 6.61 Å². The van der Waals surface area contributed by atoms with Crippen LogP contribution in [0.3, 0.4) is 0 Å². The SMILES string of the molecule is CC(C)(C#N)Cc1ccc2c(c1)CCCO2. The second kappa shape index (κ2) is 4.17. The Bertz CT molecular complexity index is 429. The zero-order valence-corrected chi connectivity index (χ0v) is 9.92. The molecule has 0 N–H and O–H groups in total. The van der Waals surface area contributed by atoms with Gasteiger partial charge in [-0.3, -0.25) is 0 Å². The van der Waals surface area contributed by atoms with Crippen LogP contribution in [0.4, 0.5) is 0 Å². The van der Waals surface area contributed by atoms with E-state index >= 15 is 0 Å². The van der Waals surface area contributed by atoms with Gasteiger partial charge in [-0.1, -0.05) is 12.1 Å². The number of nitrogens with zero attached hydrogens (tertiary/aromatic N) is 1. The smallest absolute Gasteiger partial charge is 0.122 e. The van der Waals surface area contributed by atoms with Crippen molar-refractivity contribution in [2.75, 3.05) is 6.61 Å². The highest BCUT2D eigenvalue weighted by Gasteiger charge is 2.18. The second-order valence-corrected chi connectivity index (χ2v) is 5.07. The van der Waals surface area contributed by atoms with Gasteiger partial charge in [-0.15, -0.1) is 0 Å². The molecule has 2 heteroatoms. The lowest BCUT2D eigenvalue weighted by Crippen LogP contribution is -2.13. The summed E-state index contributed by atoms with van der Waals surface area (Å²) in [6.45, 7) is 4.78. The van der Waals surface area contributed by atoms with Gasteiger partial charge in [-0.25, -0.2) is 0 Å². The topological polar surface area (TPSA) is 33.0 Å². The van der Waals surface area contributed by atoms with Crippen LogP contribution < -0.4 is 4.74 Å². The van der Waals surface area contributed by atoms with E-state index in [1.54, 1.807) is 0 Å². The fourth-order valence-electron chi connectivity index (χ4n) is 2.07. The number of fused-ring (bicyclic) bond motifs is 1. The summed E-state index contributed by atoms with van der Waals surface area (Å²) in [7, 11) is 0. The molecule has 0 aromatic heterocycles. The molecule has 0 amide bonds. The van der Waals surface area contributed by atoms with Gasteiger partial charge in [0.05, 0.1) is 18.1 Å². The number of benzene rings is 1. The number of ether oxygens (including phenoxy) is 1. The molecule has 0 bridgehead atoms.